The lowest BCUT2D eigenvalue weighted by atomic mass is 10.1. The molecule has 1 N–H and O–H groups in total. The van der Waals surface area contributed by atoms with E-state index in [2.05, 4.69) is 33.0 Å². The number of hydrogen-bond acceptors (Lipinski definition) is 3. The first-order valence-electron chi connectivity index (χ1n) is 11.6. The molecule has 0 bridgehead atoms. The van der Waals surface area contributed by atoms with Gasteiger partial charge in [0.15, 0.2) is 0 Å². The normalized spacial score (nSPS) is 11.6. The van der Waals surface area contributed by atoms with E-state index in [1.807, 2.05) is 64.1 Å². The van der Waals surface area contributed by atoms with Crippen LogP contribution in [0.3, 0.4) is 0 Å². The van der Waals surface area contributed by atoms with Crippen LogP contribution >= 0.6 is 0 Å². The number of fused-ring (bicyclic) bond motifs is 1. The molecular weight excluding hydrogens is 412 g/mol. The van der Waals surface area contributed by atoms with Gasteiger partial charge in [-0.1, -0.05) is 70.2 Å². The molecule has 2 aromatic carbocycles. The first-order chi connectivity index (χ1) is 15.8. The van der Waals surface area contributed by atoms with Crippen LogP contribution in [-0.4, -0.2) is 39.4 Å². The molecule has 0 saturated carbocycles. The molecule has 0 radical (unpaired) electrons. The molecule has 3 rings (SSSR count). The van der Waals surface area contributed by atoms with Crippen molar-refractivity contribution in [3.05, 3.63) is 72.1 Å². The third kappa shape index (κ3) is 7.04. The molecular formula is C27H34N4O2. The first kappa shape index (κ1) is 24.2. The van der Waals surface area contributed by atoms with Gasteiger partial charge in [0, 0.05) is 19.2 Å². The zero-order valence-corrected chi connectivity index (χ0v) is 20.0. The van der Waals surface area contributed by atoms with Gasteiger partial charge < -0.3 is 14.8 Å². The Morgan fingerprint density at radius 1 is 0.970 bits per heavy atom. The molecule has 0 aliphatic carbocycles. The van der Waals surface area contributed by atoms with E-state index in [9.17, 15) is 9.59 Å². The second-order valence-electron chi connectivity index (χ2n) is 9.15. The molecule has 0 saturated heterocycles. The number of para-hydroxylation sites is 2. The second kappa shape index (κ2) is 11.5. The largest absolute Gasteiger partial charge is 0.345 e. The molecule has 174 valence electrons. The molecule has 1 heterocycles. The van der Waals surface area contributed by atoms with Crippen molar-refractivity contribution in [3.8, 4) is 0 Å². The Labute approximate surface area is 196 Å². The predicted molar refractivity (Wildman–Crippen MR) is 133 cm³/mol. The molecule has 6 heteroatoms. The van der Waals surface area contributed by atoms with Gasteiger partial charge in [0.1, 0.15) is 12.4 Å². The van der Waals surface area contributed by atoms with Gasteiger partial charge in [-0.3, -0.25) is 9.59 Å². The fourth-order valence-electron chi connectivity index (χ4n) is 3.79. The maximum Gasteiger partial charge on any atom is 0.244 e. The lowest BCUT2D eigenvalue weighted by Crippen LogP contribution is -2.39. The number of imidazole rings is 1. The van der Waals surface area contributed by atoms with E-state index in [0.717, 1.165) is 29.7 Å². The summed E-state index contributed by atoms with van der Waals surface area (Å²) in [7, 11) is 0. The number of carbonyl (C=O) groups is 2. The molecule has 0 unspecified atom stereocenters. The molecule has 1 aromatic heterocycles. The number of rotatable bonds is 10. The number of nitrogens with one attached hydrogen (secondary N) is 1. The van der Waals surface area contributed by atoms with Gasteiger partial charge in [0.2, 0.25) is 11.8 Å². The Balaban J connectivity index is 1.76. The van der Waals surface area contributed by atoms with E-state index in [1.165, 1.54) is 6.08 Å². The molecule has 33 heavy (non-hydrogen) atoms. The van der Waals surface area contributed by atoms with Crippen LogP contribution in [0.5, 0.6) is 0 Å². The van der Waals surface area contributed by atoms with Crippen LogP contribution < -0.4 is 5.32 Å². The van der Waals surface area contributed by atoms with Gasteiger partial charge >= 0.3 is 0 Å². The minimum Gasteiger partial charge on any atom is -0.345 e. The maximum atomic E-state index is 13.3. The lowest BCUT2D eigenvalue weighted by molar-refractivity contribution is -0.132. The van der Waals surface area contributed by atoms with E-state index in [1.54, 1.807) is 6.08 Å². The molecule has 2 amide bonds. The van der Waals surface area contributed by atoms with Crippen LogP contribution in [0.4, 0.5) is 0 Å². The molecule has 0 aliphatic rings. The van der Waals surface area contributed by atoms with E-state index < -0.39 is 0 Å². The minimum atomic E-state index is -0.204. The lowest BCUT2D eigenvalue weighted by Gasteiger charge is -2.27. The molecule has 0 aliphatic heterocycles. The smallest absolute Gasteiger partial charge is 0.244 e. The van der Waals surface area contributed by atoms with Crippen molar-refractivity contribution in [2.45, 2.75) is 40.8 Å². The van der Waals surface area contributed by atoms with Gasteiger partial charge in [-0.05, 0) is 35.6 Å². The third-order valence-electron chi connectivity index (χ3n) is 5.20. The fourth-order valence-corrected chi connectivity index (χ4v) is 3.79. The Kier molecular flexibility index (Phi) is 8.41. The van der Waals surface area contributed by atoms with Gasteiger partial charge in [-0.25, -0.2) is 4.98 Å². The minimum absolute atomic E-state index is 0.0668. The van der Waals surface area contributed by atoms with Crippen molar-refractivity contribution < 1.29 is 9.59 Å². The van der Waals surface area contributed by atoms with E-state index in [4.69, 9.17) is 4.98 Å². The summed E-state index contributed by atoms with van der Waals surface area (Å²) in [5.41, 5.74) is 2.67. The van der Waals surface area contributed by atoms with E-state index in [-0.39, 0.29) is 24.9 Å². The number of hydrogen-bond donors (Lipinski definition) is 1. The average molecular weight is 447 g/mol. The molecule has 6 nitrogen and oxygen atoms in total. The highest BCUT2D eigenvalue weighted by Gasteiger charge is 2.20. The number of aromatic nitrogens is 2. The number of carbonyl (C=O) groups excluding carboxylic acids is 2. The summed E-state index contributed by atoms with van der Waals surface area (Å²) >= 11 is 0. The van der Waals surface area contributed by atoms with Gasteiger partial charge in [0.25, 0.3) is 0 Å². The number of benzene rings is 2. The van der Waals surface area contributed by atoms with Crippen molar-refractivity contribution in [2.24, 2.45) is 11.8 Å². The monoisotopic (exact) mass is 446 g/mol. The quantitative estimate of drug-likeness (QED) is 0.466. The zero-order chi connectivity index (χ0) is 23.8. The van der Waals surface area contributed by atoms with Crippen molar-refractivity contribution >= 4 is 28.9 Å². The summed E-state index contributed by atoms with van der Waals surface area (Å²) < 4.78 is 1.92. The predicted octanol–water partition coefficient (Wildman–Crippen LogP) is 4.51. The summed E-state index contributed by atoms with van der Waals surface area (Å²) in [6.45, 7) is 10.4. The Morgan fingerprint density at radius 3 is 2.27 bits per heavy atom. The van der Waals surface area contributed by atoms with Crippen molar-refractivity contribution in [1.29, 1.82) is 0 Å². The van der Waals surface area contributed by atoms with Crippen molar-refractivity contribution in [1.82, 2.24) is 19.8 Å². The number of amides is 2. The van der Waals surface area contributed by atoms with Crippen LogP contribution in [0.1, 0.15) is 39.1 Å². The highest BCUT2D eigenvalue weighted by molar-refractivity contribution is 5.91. The van der Waals surface area contributed by atoms with Crippen LogP contribution in [0, 0.1) is 11.8 Å². The summed E-state index contributed by atoms with van der Waals surface area (Å²) in [6, 6.07) is 17.4. The summed E-state index contributed by atoms with van der Waals surface area (Å²) in [5.74, 6) is 1.31. The van der Waals surface area contributed by atoms with E-state index in [0.29, 0.717) is 17.7 Å². The molecule has 0 fully saturated rings. The second-order valence-corrected chi connectivity index (χ2v) is 9.15. The summed E-state index contributed by atoms with van der Waals surface area (Å²) in [5, 5.41) is 2.90. The van der Waals surface area contributed by atoms with Crippen LogP contribution in [-0.2, 0) is 22.7 Å². The van der Waals surface area contributed by atoms with Crippen LogP contribution in [0.15, 0.2) is 60.7 Å². The first-order valence-corrected chi connectivity index (χ1v) is 11.6. The van der Waals surface area contributed by atoms with Crippen molar-refractivity contribution in [3.63, 3.8) is 0 Å². The fraction of sp³-hybridized carbons (Fsp3) is 0.370. The highest BCUT2D eigenvalue weighted by atomic mass is 16.2. The van der Waals surface area contributed by atoms with E-state index >= 15 is 0 Å². The van der Waals surface area contributed by atoms with Crippen molar-refractivity contribution in [2.75, 3.05) is 13.1 Å². The third-order valence-corrected chi connectivity index (χ3v) is 5.20. The van der Waals surface area contributed by atoms with Crippen LogP contribution in [0.25, 0.3) is 17.1 Å². The topological polar surface area (TPSA) is 67.2 Å². The SMILES string of the molecule is CC(C)CN(CC(C)C)C(=O)Cn1c(CNC(=O)/C=C\c2ccccc2)nc2ccccc21. The Morgan fingerprint density at radius 2 is 1.61 bits per heavy atom. The summed E-state index contributed by atoms with van der Waals surface area (Å²) in [6.07, 6.45) is 3.29. The maximum absolute atomic E-state index is 13.3. The zero-order valence-electron chi connectivity index (χ0n) is 20.0. The molecule has 0 atom stereocenters. The highest BCUT2D eigenvalue weighted by Crippen LogP contribution is 2.17. The van der Waals surface area contributed by atoms with Gasteiger partial charge in [-0.15, -0.1) is 0 Å². The van der Waals surface area contributed by atoms with Gasteiger partial charge in [-0.2, -0.15) is 0 Å². The standard InChI is InChI=1S/C27H34N4O2/c1-20(2)17-30(18-21(3)4)27(33)19-31-24-13-9-8-12-23(24)29-25(31)16-28-26(32)15-14-22-10-6-5-7-11-22/h5-15,20-21H,16-19H2,1-4H3,(H,28,32)/b15-14-. The Bertz CT molecular complexity index is 1090. The molecule has 3 aromatic rings. The Hall–Kier alpha value is -3.41. The van der Waals surface area contributed by atoms with Gasteiger partial charge in [0.05, 0.1) is 17.6 Å². The van der Waals surface area contributed by atoms with Crippen LogP contribution in [0.2, 0.25) is 0 Å². The molecule has 0 spiro atoms. The average Bonchev–Trinajstić information content (AvgIpc) is 3.13. The summed E-state index contributed by atoms with van der Waals surface area (Å²) in [4.78, 5) is 32.3. The number of nitrogens with zero attached hydrogens (tertiary/aromatic N) is 3.